The summed E-state index contributed by atoms with van der Waals surface area (Å²) in [7, 11) is 0. The van der Waals surface area contributed by atoms with Crippen molar-refractivity contribution in [2.45, 2.75) is 38.1 Å². The Morgan fingerprint density at radius 2 is 2.06 bits per heavy atom. The first-order valence-corrected chi connectivity index (χ1v) is 6.73. The topological polar surface area (TPSA) is 38.3 Å². The van der Waals surface area contributed by atoms with Gasteiger partial charge in [-0.3, -0.25) is 4.79 Å². The van der Waals surface area contributed by atoms with E-state index in [0.29, 0.717) is 25.0 Å². The van der Waals surface area contributed by atoms with Gasteiger partial charge >= 0.3 is 5.97 Å². The van der Waals surface area contributed by atoms with Crippen molar-refractivity contribution in [2.24, 2.45) is 0 Å². The maximum Gasteiger partial charge on any atom is 0.307 e. The Balaban J connectivity index is 1.61. The Bertz CT molecular complexity index is 371. The molecule has 18 heavy (non-hydrogen) atoms. The SMILES string of the molecule is CCOC(=O)CCNC1CC(c2ccccc2)C1. The maximum absolute atomic E-state index is 11.2. The van der Waals surface area contributed by atoms with Crippen LogP contribution in [0.15, 0.2) is 30.3 Å². The van der Waals surface area contributed by atoms with Gasteiger partial charge in [0.2, 0.25) is 0 Å². The first kappa shape index (κ1) is 13.1. The molecule has 1 N–H and O–H groups in total. The highest BCUT2D eigenvalue weighted by molar-refractivity contribution is 5.69. The third-order valence-corrected chi connectivity index (χ3v) is 3.48. The van der Waals surface area contributed by atoms with E-state index in [1.54, 1.807) is 0 Å². The number of hydrogen-bond acceptors (Lipinski definition) is 3. The molecule has 0 aromatic heterocycles. The molecule has 3 nitrogen and oxygen atoms in total. The van der Waals surface area contributed by atoms with Crippen molar-refractivity contribution in [3.63, 3.8) is 0 Å². The lowest BCUT2D eigenvalue weighted by Crippen LogP contribution is -2.41. The third kappa shape index (κ3) is 3.57. The Hall–Kier alpha value is -1.35. The monoisotopic (exact) mass is 247 g/mol. The second-order valence-corrected chi connectivity index (χ2v) is 4.79. The average molecular weight is 247 g/mol. The van der Waals surface area contributed by atoms with Crippen LogP contribution in [0.4, 0.5) is 0 Å². The largest absolute Gasteiger partial charge is 0.466 e. The number of hydrogen-bond donors (Lipinski definition) is 1. The molecule has 1 aromatic carbocycles. The Morgan fingerprint density at radius 3 is 2.72 bits per heavy atom. The van der Waals surface area contributed by atoms with Crippen molar-refractivity contribution in [1.82, 2.24) is 5.32 Å². The number of benzene rings is 1. The number of rotatable bonds is 6. The lowest BCUT2D eigenvalue weighted by Gasteiger charge is -2.36. The van der Waals surface area contributed by atoms with Gasteiger partial charge in [0.05, 0.1) is 13.0 Å². The van der Waals surface area contributed by atoms with Gasteiger partial charge in [0, 0.05) is 12.6 Å². The number of ether oxygens (including phenoxy) is 1. The molecular weight excluding hydrogens is 226 g/mol. The van der Waals surface area contributed by atoms with Crippen molar-refractivity contribution in [3.05, 3.63) is 35.9 Å². The minimum absolute atomic E-state index is 0.107. The first-order chi connectivity index (χ1) is 8.79. The van der Waals surface area contributed by atoms with Gasteiger partial charge in [0.15, 0.2) is 0 Å². The van der Waals surface area contributed by atoms with Gasteiger partial charge in [-0.2, -0.15) is 0 Å². The predicted molar refractivity (Wildman–Crippen MR) is 71.5 cm³/mol. The lowest BCUT2D eigenvalue weighted by atomic mass is 9.76. The quantitative estimate of drug-likeness (QED) is 0.785. The maximum atomic E-state index is 11.2. The summed E-state index contributed by atoms with van der Waals surface area (Å²) >= 11 is 0. The number of carbonyl (C=O) groups excluding carboxylic acids is 1. The van der Waals surface area contributed by atoms with Gasteiger partial charge in [-0.15, -0.1) is 0 Å². The van der Waals surface area contributed by atoms with Gasteiger partial charge in [0.1, 0.15) is 0 Å². The van der Waals surface area contributed by atoms with Gasteiger partial charge in [-0.1, -0.05) is 30.3 Å². The van der Waals surface area contributed by atoms with E-state index in [1.165, 1.54) is 18.4 Å². The Kier molecular flexibility index (Phi) is 4.76. The van der Waals surface area contributed by atoms with E-state index >= 15 is 0 Å². The number of nitrogens with one attached hydrogen (secondary N) is 1. The van der Waals surface area contributed by atoms with Crippen LogP contribution in [0.5, 0.6) is 0 Å². The van der Waals surface area contributed by atoms with Crippen molar-refractivity contribution >= 4 is 5.97 Å². The highest BCUT2D eigenvalue weighted by Crippen LogP contribution is 2.36. The van der Waals surface area contributed by atoms with Gasteiger partial charge in [0.25, 0.3) is 0 Å². The number of esters is 1. The third-order valence-electron chi connectivity index (χ3n) is 3.48. The van der Waals surface area contributed by atoms with Crippen LogP contribution in [-0.4, -0.2) is 25.2 Å². The van der Waals surface area contributed by atoms with Crippen LogP contribution >= 0.6 is 0 Å². The molecule has 0 spiro atoms. The van der Waals surface area contributed by atoms with Crippen LogP contribution in [0.1, 0.15) is 37.7 Å². The molecule has 1 aliphatic carbocycles. The van der Waals surface area contributed by atoms with E-state index in [1.807, 2.05) is 6.92 Å². The molecule has 0 amide bonds. The summed E-state index contributed by atoms with van der Waals surface area (Å²) in [6.07, 6.45) is 2.82. The molecule has 0 radical (unpaired) electrons. The van der Waals surface area contributed by atoms with Gasteiger partial charge in [-0.05, 0) is 31.2 Å². The molecule has 98 valence electrons. The smallest absolute Gasteiger partial charge is 0.307 e. The van der Waals surface area contributed by atoms with Gasteiger partial charge < -0.3 is 10.1 Å². The second kappa shape index (κ2) is 6.55. The Labute approximate surface area is 109 Å². The summed E-state index contributed by atoms with van der Waals surface area (Å²) < 4.78 is 4.89. The fourth-order valence-electron chi connectivity index (χ4n) is 2.39. The van der Waals surface area contributed by atoms with Crippen molar-refractivity contribution < 1.29 is 9.53 Å². The van der Waals surface area contributed by atoms with Crippen LogP contribution in [0, 0.1) is 0 Å². The molecule has 3 heteroatoms. The van der Waals surface area contributed by atoms with E-state index in [4.69, 9.17) is 4.74 Å². The lowest BCUT2D eigenvalue weighted by molar-refractivity contribution is -0.143. The fourth-order valence-corrected chi connectivity index (χ4v) is 2.39. The summed E-state index contributed by atoms with van der Waals surface area (Å²) in [6.45, 7) is 3.03. The molecule has 0 bridgehead atoms. The van der Waals surface area contributed by atoms with E-state index < -0.39 is 0 Å². The normalized spacial score (nSPS) is 22.3. The molecule has 2 rings (SSSR count). The highest BCUT2D eigenvalue weighted by Gasteiger charge is 2.29. The summed E-state index contributed by atoms with van der Waals surface area (Å²) in [5, 5.41) is 3.41. The van der Waals surface area contributed by atoms with Crippen molar-refractivity contribution in [1.29, 1.82) is 0 Å². The van der Waals surface area contributed by atoms with Crippen LogP contribution in [-0.2, 0) is 9.53 Å². The van der Waals surface area contributed by atoms with Crippen LogP contribution < -0.4 is 5.32 Å². The van der Waals surface area contributed by atoms with E-state index in [2.05, 4.69) is 35.6 Å². The predicted octanol–water partition coefficient (Wildman–Crippen LogP) is 2.48. The second-order valence-electron chi connectivity index (χ2n) is 4.79. The first-order valence-electron chi connectivity index (χ1n) is 6.73. The summed E-state index contributed by atoms with van der Waals surface area (Å²) in [4.78, 5) is 11.2. The van der Waals surface area contributed by atoms with Crippen molar-refractivity contribution in [3.8, 4) is 0 Å². The van der Waals surface area contributed by atoms with E-state index in [0.717, 1.165) is 6.54 Å². The van der Waals surface area contributed by atoms with E-state index in [-0.39, 0.29) is 5.97 Å². The zero-order chi connectivity index (χ0) is 12.8. The summed E-state index contributed by atoms with van der Waals surface area (Å²) in [5.74, 6) is 0.579. The number of carbonyl (C=O) groups is 1. The fraction of sp³-hybridized carbons (Fsp3) is 0.533. The minimum atomic E-state index is -0.107. The molecule has 1 fully saturated rings. The molecule has 0 atom stereocenters. The van der Waals surface area contributed by atoms with Crippen LogP contribution in [0.3, 0.4) is 0 Å². The highest BCUT2D eigenvalue weighted by atomic mass is 16.5. The summed E-state index contributed by atoms with van der Waals surface area (Å²) in [6, 6.07) is 11.2. The van der Waals surface area contributed by atoms with E-state index in [9.17, 15) is 4.79 Å². The molecule has 0 heterocycles. The molecular formula is C15H21NO2. The standard InChI is InChI=1S/C15H21NO2/c1-2-18-15(17)8-9-16-14-10-13(11-14)12-6-4-3-5-7-12/h3-7,13-14,16H,2,8-11H2,1H3. The van der Waals surface area contributed by atoms with Gasteiger partial charge in [-0.25, -0.2) is 0 Å². The molecule has 0 aliphatic heterocycles. The minimum Gasteiger partial charge on any atom is -0.466 e. The van der Waals surface area contributed by atoms with Crippen molar-refractivity contribution in [2.75, 3.05) is 13.2 Å². The Morgan fingerprint density at radius 1 is 1.33 bits per heavy atom. The molecule has 0 unspecified atom stereocenters. The molecule has 1 aliphatic rings. The average Bonchev–Trinajstić information content (AvgIpc) is 2.33. The van der Waals surface area contributed by atoms with Crippen LogP contribution in [0.25, 0.3) is 0 Å². The summed E-state index contributed by atoms with van der Waals surface area (Å²) in [5.41, 5.74) is 1.43. The van der Waals surface area contributed by atoms with Crippen LogP contribution in [0.2, 0.25) is 0 Å². The zero-order valence-electron chi connectivity index (χ0n) is 10.9. The molecule has 0 saturated heterocycles. The molecule has 1 saturated carbocycles. The zero-order valence-corrected chi connectivity index (χ0v) is 10.9. The molecule has 1 aromatic rings.